The first kappa shape index (κ1) is 17.1. The Morgan fingerprint density at radius 1 is 1.20 bits per heavy atom. The Hall–Kier alpha value is -0.985. The van der Waals surface area contributed by atoms with Crippen molar-refractivity contribution < 1.29 is 4.79 Å². The van der Waals surface area contributed by atoms with Gasteiger partial charge in [0.25, 0.3) is 0 Å². The fourth-order valence-corrected chi connectivity index (χ4v) is 3.00. The lowest BCUT2D eigenvalue weighted by atomic mass is 9.41. The molecule has 0 aromatic heterocycles. The summed E-state index contributed by atoms with van der Waals surface area (Å²) in [5.41, 5.74) is 2.79. The highest BCUT2D eigenvalue weighted by molar-refractivity contribution is 6.68. The lowest BCUT2D eigenvalue weighted by Crippen LogP contribution is -2.24. The van der Waals surface area contributed by atoms with Gasteiger partial charge < -0.3 is 4.90 Å². The molecule has 0 spiro atoms. The molecule has 1 fully saturated rings. The fourth-order valence-electron chi connectivity index (χ4n) is 3.00. The van der Waals surface area contributed by atoms with Crippen LogP contribution in [-0.4, -0.2) is 31.5 Å². The number of hydrogen-bond donors (Lipinski definition) is 0. The van der Waals surface area contributed by atoms with E-state index in [9.17, 15) is 4.79 Å². The van der Waals surface area contributed by atoms with Crippen molar-refractivity contribution in [3.63, 3.8) is 0 Å². The largest absolute Gasteiger partial charge is 0.381 e. The van der Waals surface area contributed by atoms with Crippen LogP contribution in [0.5, 0.6) is 0 Å². The van der Waals surface area contributed by atoms with E-state index in [0.29, 0.717) is 17.5 Å². The van der Waals surface area contributed by atoms with Crippen LogP contribution in [0.15, 0.2) is 23.3 Å². The van der Waals surface area contributed by atoms with Crippen LogP contribution < -0.4 is 0 Å². The average Bonchev–Trinajstić information content (AvgIpc) is 2.57. The first-order valence-electron chi connectivity index (χ1n) is 7.68. The van der Waals surface area contributed by atoms with Gasteiger partial charge in [0, 0.05) is 13.6 Å². The van der Waals surface area contributed by atoms with Crippen LogP contribution in [0.25, 0.3) is 0 Å². The maximum atomic E-state index is 11.0. The third kappa shape index (κ3) is 3.77. The summed E-state index contributed by atoms with van der Waals surface area (Å²) in [5.74, 6) is 0. The summed E-state index contributed by atoms with van der Waals surface area (Å²) in [7, 11) is 2.09. The Labute approximate surface area is 125 Å². The number of allylic oxidation sites excluding steroid dienone is 3. The van der Waals surface area contributed by atoms with Crippen molar-refractivity contribution >= 4 is 13.0 Å². The quantitative estimate of drug-likeness (QED) is 0.326. The number of rotatable bonds is 5. The monoisotopic (exact) mass is 275 g/mol. The zero-order valence-corrected chi connectivity index (χ0v) is 14.3. The third-order valence-electron chi connectivity index (χ3n) is 5.27. The highest BCUT2D eigenvalue weighted by Crippen LogP contribution is 2.54. The van der Waals surface area contributed by atoms with E-state index in [1.165, 1.54) is 18.1 Å². The maximum absolute atomic E-state index is 11.0. The predicted octanol–water partition coefficient (Wildman–Crippen LogP) is 4.07. The van der Waals surface area contributed by atoms with Gasteiger partial charge in [-0.05, 0) is 36.5 Å². The Kier molecular flexibility index (Phi) is 5.29. The van der Waals surface area contributed by atoms with Crippen molar-refractivity contribution in [2.45, 2.75) is 54.2 Å². The van der Waals surface area contributed by atoms with Crippen LogP contribution in [-0.2, 0) is 4.79 Å². The van der Waals surface area contributed by atoms with Gasteiger partial charge in [-0.1, -0.05) is 51.9 Å². The highest BCUT2D eigenvalue weighted by Gasteiger charge is 2.48. The molecule has 1 heterocycles. The van der Waals surface area contributed by atoms with E-state index in [1.807, 2.05) is 6.92 Å². The van der Waals surface area contributed by atoms with E-state index in [-0.39, 0.29) is 0 Å². The molecule has 1 saturated heterocycles. The Bertz CT molecular complexity index is 405. The second-order valence-corrected chi connectivity index (χ2v) is 7.58. The Balaban J connectivity index is 3.09. The summed E-state index contributed by atoms with van der Waals surface area (Å²) in [5, 5.41) is 0. The van der Waals surface area contributed by atoms with Gasteiger partial charge in [-0.15, -0.1) is 0 Å². The van der Waals surface area contributed by atoms with Crippen molar-refractivity contribution in [3.05, 3.63) is 23.3 Å². The van der Waals surface area contributed by atoms with Crippen molar-refractivity contribution in [2.75, 3.05) is 13.6 Å². The van der Waals surface area contributed by atoms with E-state index >= 15 is 0 Å². The van der Waals surface area contributed by atoms with Gasteiger partial charge >= 0.3 is 0 Å². The molecule has 1 rings (SSSR count). The second-order valence-electron chi connectivity index (χ2n) is 7.58. The molecule has 0 radical (unpaired) electrons. The molecule has 0 N–H and O–H groups in total. The van der Waals surface area contributed by atoms with Crippen LogP contribution in [0.3, 0.4) is 0 Å². The van der Waals surface area contributed by atoms with Crippen LogP contribution in [0.2, 0.25) is 12.6 Å². The molecule has 3 heteroatoms. The topological polar surface area (TPSA) is 20.3 Å². The summed E-state index contributed by atoms with van der Waals surface area (Å²) in [6, 6.07) is 0. The number of carbonyl (C=O) groups excluding carboxylic acids is 1. The maximum Gasteiger partial charge on any atom is 0.178 e. The van der Waals surface area contributed by atoms with E-state index in [2.05, 4.69) is 58.8 Å². The molecule has 0 amide bonds. The summed E-state index contributed by atoms with van der Waals surface area (Å²) >= 11 is 0. The standard InChI is InChI=1S/C17H30BNO/c1-8-19(7)10-15(9-14(2)11-20)18-12-16(3,4)17(5,6)13-18/h9-11H,8,12-13H2,1-7H3/b14-9-,15-10+. The van der Waals surface area contributed by atoms with Gasteiger partial charge in [-0.25, -0.2) is 0 Å². The van der Waals surface area contributed by atoms with Gasteiger partial charge in [0.15, 0.2) is 6.71 Å². The predicted molar refractivity (Wildman–Crippen MR) is 89.1 cm³/mol. The third-order valence-corrected chi connectivity index (χ3v) is 5.27. The molecule has 0 aliphatic carbocycles. The Morgan fingerprint density at radius 3 is 2.10 bits per heavy atom. The van der Waals surface area contributed by atoms with Crippen LogP contribution in [0, 0.1) is 10.8 Å². The van der Waals surface area contributed by atoms with E-state index in [0.717, 1.165) is 18.4 Å². The summed E-state index contributed by atoms with van der Waals surface area (Å²) in [6.07, 6.45) is 7.61. The van der Waals surface area contributed by atoms with Crippen molar-refractivity contribution in [1.82, 2.24) is 4.90 Å². The van der Waals surface area contributed by atoms with Crippen molar-refractivity contribution in [1.29, 1.82) is 0 Å². The van der Waals surface area contributed by atoms with Crippen molar-refractivity contribution in [3.8, 4) is 0 Å². The fraction of sp³-hybridized carbons (Fsp3) is 0.706. The van der Waals surface area contributed by atoms with E-state index in [4.69, 9.17) is 0 Å². The van der Waals surface area contributed by atoms with E-state index in [1.54, 1.807) is 0 Å². The second kappa shape index (κ2) is 6.20. The van der Waals surface area contributed by atoms with Gasteiger partial charge in [0.2, 0.25) is 0 Å². The lowest BCUT2D eigenvalue weighted by Gasteiger charge is -2.35. The average molecular weight is 275 g/mol. The molecule has 20 heavy (non-hydrogen) atoms. The zero-order chi connectivity index (χ0) is 15.6. The first-order valence-corrected chi connectivity index (χ1v) is 7.68. The number of nitrogens with zero attached hydrogens (tertiary/aromatic N) is 1. The van der Waals surface area contributed by atoms with Crippen LogP contribution >= 0.6 is 0 Å². The van der Waals surface area contributed by atoms with Gasteiger partial charge in [0.1, 0.15) is 6.29 Å². The molecule has 0 aromatic rings. The minimum absolute atomic E-state index is 0.338. The summed E-state index contributed by atoms with van der Waals surface area (Å²) < 4.78 is 0. The molecule has 112 valence electrons. The van der Waals surface area contributed by atoms with Gasteiger partial charge in [-0.3, -0.25) is 4.79 Å². The van der Waals surface area contributed by atoms with E-state index < -0.39 is 0 Å². The minimum Gasteiger partial charge on any atom is -0.381 e. The van der Waals surface area contributed by atoms with Crippen LogP contribution in [0.4, 0.5) is 0 Å². The Morgan fingerprint density at radius 2 is 1.70 bits per heavy atom. The first-order chi connectivity index (χ1) is 9.13. The van der Waals surface area contributed by atoms with Gasteiger partial charge in [0.05, 0.1) is 0 Å². The molecule has 0 saturated carbocycles. The normalized spacial score (nSPS) is 22.1. The number of carbonyl (C=O) groups is 1. The summed E-state index contributed by atoms with van der Waals surface area (Å²) in [6.45, 7) is 15.0. The lowest BCUT2D eigenvalue weighted by molar-refractivity contribution is -0.104. The van der Waals surface area contributed by atoms with Gasteiger partial charge in [-0.2, -0.15) is 0 Å². The molecular weight excluding hydrogens is 245 g/mol. The molecular formula is C17H30BNO. The molecule has 0 atom stereocenters. The molecule has 0 bridgehead atoms. The molecule has 0 aromatic carbocycles. The number of aldehydes is 1. The van der Waals surface area contributed by atoms with Crippen molar-refractivity contribution in [2.24, 2.45) is 10.8 Å². The smallest absolute Gasteiger partial charge is 0.178 e. The van der Waals surface area contributed by atoms with Crippen LogP contribution in [0.1, 0.15) is 41.5 Å². The minimum atomic E-state index is 0.338. The SMILES string of the molecule is CCN(C)/C=C(\C=C(\C)C=O)B1CC(C)(C)C(C)(C)C1. The zero-order valence-electron chi connectivity index (χ0n) is 14.3. The molecule has 2 nitrogen and oxygen atoms in total. The summed E-state index contributed by atoms with van der Waals surface area (Å²) in [4.78, 5) is 13.2. The molecule has 1 aliphatic rings. The molecule has 0 unspecified atom stereocenters. The highest BCUT2D eigenvalue weighted by atomic mass is 16.1. The number of hydrogen-bond acceptors (Lipinski definition) is 2. The molecule has 1 aliphatic heterocycles.